The largest absolute Gasteiger partial charge is 0.472 e. The van der Waals surface area contributed by atoms with Crippen molar-refractivity contribution >= 4 is 39.5 Å². The molecule has 0 radical (unpaired) electrons. The van der Waals surface area contributed by atoms with Gasteiger partial charge in [0.05, 0.1) is 26.4 Å². The van der Waals surface area contributed by atoms with Gasteiger partial charge >= 0.3 is 39.5 Å². The number of rotatable bonds is 75. The van der Waals surface area contributed by atoms with E-state index in [9.17, 15) is 43.2 Å². The third-order valence-corrected chi connectivity index (χ3v) is 18.8. The Morgan fingerprint density at radius 1 is 0.290 bits per heavy atom. The van der Waals surface area contributed by atoms with Crippen LogP contribution >= 0.6 is 15.6 Å². The molecule has 5 unspecified atom stereocenters. The van der Waals surface area contributed by atoms with E-state index in [0.29, 0.717) is 25.7 Å². The van der Waals surface area contributed by atoms with Crippen LogP contribution in [0.4, 0.5) is 0 Å². The van der Waals surface area contributed by atoms with Crippen molar-refractivity contribution in [3.63, 3.8) is 0 Å². The van der Waals surface area contributed by atoms with Gasteiger partial charge in [-0.15, -0.1) is 0 Å². The summed E-state index contributed by atoms with van der Waals surface area (Å²) >= 11 is 0. The average molecular weight is 1450 g/mol. The Balaban J connectivity index is 5.34. The molecule has 0 aliphatic carbocycles. The van der Waals surface area contributed by atoms with Crippen LogP contribution in [0.15, 0.2) is 85.1 Å². The molecule has 19 heteroatoms. The number of phosphoric acid groups is 2. The van der Waals surface area contributed by atoms with Crippen LogP contribution in [0.2, 0.25) is 0 Å². The number of esters is 4. The van der Waals surface area contributed by atoms with E-state index < -0.39 is 97.5 Å². The van der Waals surface area contributed by atoms with Crippen LogP contribution in [0, 0.1) is 0 Å². The molecule has 3 N–H and O–H groups in total. The number of allylic oxidation sites excluding steroid dienone is 14. The third kappa shape index (κ3) is 72.6. The van der Waals surface area contributed by atoms with Crippen molar-refractivity contribution < 1.29 is 80.2 Å². The molecule has 0 aromatic carbocycles. The summed E-state index contributed by atoms with van der Waals surface area (Å²) in [5.74, 6) is -2.20. The van der Waals surface area contributed by atoms with Crippen molar-refractivity contribution in [2.75, 3.05) is 39.6 Å². The average Bonchev–Trinajstić information content (AvgIpc) is 0.985. The Labute approximate surface area is 608 Å². The van der Waals surface area contributed by atoms with Crippen molar-refractivity contribution in [3.8, 4) is 0 Å². The van der Waals surface area contributed by atoms with Crippen LogP contribution in [0.1, 0.15) is 349 Å². The van der Waals surface area contributed by atoms with E-state index in [4.69, 9.17) is 37.0 Å². The molecule has 5 atom stereocenters. The summed E-state index contributed by atoms with van der Waals surface area (Å²) < 4.78 is 68.5. The molecule has 580 valence electrons. The summed E-state index contributed by atoms with van der Waals surface area (Å²) in [6.07, 6.45) is 75.6. The molecular weight excluding hydrogens is 1310 g/mol. The standard InChI is InChI=1S/C81H144O17P2/c1-5-9-13-17-21-25-29-32-35-36-37-38-41-43-47-50-54-58-62-66-79(84)92-72-77(98-81(86)68-64-60-56-52-48-44-40-34-31-27-23-19-15-11-7-3)74-96-100(89,90)94-70-75(82)69-93-99(87,88)95-73-76(97-80(85)67-63-59-55-51-45-28-24-20-16-12-8-4)71-91-78(83)65-61-57-53-49-46-42-39-33-30-26-22-18-14-10-6-2/h9,13,21-22,25-26,32-33,35,37-39,43,47,75-77,82H,5-8,10-12,14-20,23-24,27-31,34,36,40-42,44-46,48-74H2,1-4H3,(H,87,88)(H,89,90)/b13-9-,25-21-,26-22-,35-32-,38-37-,39-33-,47-43-. The van der Waals surface area contributed by atoms with Gasteiger partial charge in [-0.3, -0.25) is 37.3 Å². The number of hydrogen-bond acceptors (Lipinski definition) is 15. The van der Waals surface area contributed by atoms with E-state index in [0.717, 1.165) is 148 Å². The van der Waals surface area contributed by atoms with Crippen LogP contribution < -0.4 is 0 Å². The van der Waals surface area contributed by atoms with Crippen LogP contribution in [-0.4, -0.2) is 96.7 Å². The summed E-state index contributed by atoms with van der Waals surface area (Å²) in [6, 6.07) is 0. The number of unbranched alkanes of at least 4 members (excludes halogenated alkanes) is 35. The van der Waals surface area contributed by atoms with Gasteiger partial charge in [0.25, 0.3) is 0 Å². The van der Waals surface area contributed by atoms with Crippen molar-refractivity contribution in [1.29, 1.82) is 0 Å². The number of ether oxygens (including phenoxy) is 4. The second-order valence-corrected chi connectivity index (χ2v) is 29.5. The predicted molar refractivity (Wildman–Crippen MR) is 409 cm³/mol. The van der Waals surface area contributed by atoms with Gasteiger partial charge in [0.1, 0.15) is 19.3 Å². The van der Waals surface area contributed by atoms with E-state index in [1.807, 2.05) is 0 Å². The van der Waals surface area contributed by atoms with Crippen LogP contribution in [0.25, 0.3) is 0 Å². The van der Waals surface area contributed by atoms with E-state index in [1.165, 1.54) is 122 Å². The lowest BCUT2D eigenvalue weighted by molar-refractivity contribution is -0.161. The van der Waals surface area contributed by atoms with Gasteiger partial charge in [-0.2, -0.15) is 0 Å². The highest BCUT2D eigenvalue weighted by Gasteiger charge is 2.30. The first-order valence-electron chi connectivity index (χ1n) is 39.8. The molecule has 0 bridgehead atoms. The lowest BCUT2D eigenvalue weighted by atomic mass is 10.0. The van der Waals surface area contributed by atoms with Gasteiger partial charge in [0, 0.05) is 25.7 Å². The highest BCUT2D eigenvalue weighted by molar-refractivity contribution is 7.47. The number of aliphatic hydroxyl groups is 1. The lowest BCUT2D eigenvalue weighted by Gasteiger charge is -2.21. The highest BCUT2D eigenvalue weighted by atomic mass is 31.2. The maximum atomic E-state index is 13.1. The molecule has 0 fully saturated rings. The molecule has 0 saturated carbocycles. The number of carbonyl (C=O) groups excluding carboxylic acids is 4. The Bertz CT molecular complexity index is 2230. The first-order chi connectivity index (χ1) is 48.7. The molecule has 0 aromatic rings. The maximum Gasteiger partial charge on any atom is 0.472 e. The molecule has 17 nitrogen and oxygen atoms in total. The summed E-state index contributed by atoms with van der Waals surface area (Å²) in [7, 11) is -9.95. The Kier molecular flexibility index (Phi) is 70.8. The highest BCUT2D eigenvalue weighted by Crippen LogP contribution is 2.45. The minimum atomic E-state index is -4.98. The van der Waals surface area contributed by atoms with E-state index in [2.05, 4.69) is 113 Å². The zero-order chi connectivity index (χ0) is 73.2. The smallest absolute Gasteiger partial charge is 0.462 e. The van der Waals surface area contributed by atoms with Gasteiger partial charge in [-0.05, 0) is 103 Å². The zero-order valence-electron chi connectivity index (χ0n) is 63.4. The van der Waals surface area contributed by atoms with Gasteiger partial charge in [0.15, 0.2) is 12.2 Å². The third-order valence-electron chi connectivity index (χ3n) is 16.9. The second-order valence-electron chi connectivity index (χ2n) is 26.6. The van der Waals surface area contributed by atoms with Gasteiger partial charge in [-0.1, -0.05) is 305 Å². The minimum absolute atomic E-state index is 0.0917. The Morgan fingerprint density at radius 2 is 0.520 bits per heavy atom. The maximum absolute atomic E-state index is 13.1. The van der Waals surface area contributed by atoms with Crippen molar-refractivity contribution in [1.82, 2.24) is 0 Å². The fourth-order valence-corrected chi connectivity index (χ4v) is 12.4. The quantitative estimate of drug-likeness (QED) is 0.0169. The molecule has 0 aliphatic heterocycles. The molecule has 0 heterocycles. The second kappa shape index (κ2) is 73.5. The van der Waals surface area contributed by atoms with Gasteiger partial charge in [-0.25, -0.2) is 9.13 Å². The van der Waals surface area contributed by atoms with Crippen molar-refractivity contribution in [2.45, 2.75) is 367 Å². The zero-order valence-corrected chi connectivity index (χ0v) is 65.2. The monoisotopic (exact) mass is 1450 g/mol. The first-order valence-corrected chi connectivity index (χ1v) is 42.8. The fourth-order valence-electron chi connectivity index (χ4n) is 10.8. The molecule has 0 saturated heterocycles. The van der Waals surface area contributed by atoms with Gasteiger partial charge in [0.2, 0.25) is 0 Å². The molecule has 0 aliphatic rings. The summed E-state index contributed by atoms with van der Waals surface area (Å²) in [5.41, 5.74) is 0. The molecule has 0 spiro atoms. The Hall–Kier alpha value is -3.76. The van der Waals surface area contributed by atoms with Crippen LogP contribution in [0.3, 0.4) is 0 Å². The lowest BCUT2D eigenvalue weighted by Crippen LogP contribution is -2.30. The Morgan fingerprint density at radius 3 is 0.830 bits per heavy atom. The number of aliphatic hydroxyl groups excluding tert-OH is 1. The number of carbonyl (C=O) groups is 4. The molecular formula is C81H144O17P2. The number of hydrogen-bond donors (Lipinski definition) is 3. The SMILES string of the molecule is CC/C=C\C/C=C\C/C=C\C/C=C\C/C=C\CCCCCC(=O)OCC(COP(=O)(O)OCC(O)COP(=O)(O)OCC(COC(=O)CCCCCCC/C=C\C/C=C\CCCCC)OC(=O)CCCCCCCCCCCCC)OC(=O)CCCCCCCCCCCCCCCCC. The molecule has 100 heavy (non-hydrogen) atoms. The summed E-state index contributed by atoms with van der Waals surface area (Å²) in [4.78, 5) is 72.9. The van der Waals surface area contributed by atoms with Crippen molar-refractivity contribution in [2.24, 2.45) is 0 Å². The molecule has 0 rings (SSSR count). The van der Waals surface area contributed by atoms with Crippen LogP contribution in [-0.2, 0) is 65.4 Å². The fraction of sp³-hybridized carbons (Fsp3) is 0.778. The van der Waals surface area contributed by atoms with E-state index >= 15 is 0 Å². The van der Waals surface area contributed by atoms with Crippen LogP contribution in [0.5, 0.6) is 0 Å². The van der Waals surface area contributed by atoms with E-state index in [1.54, 1.807) is 0 Å². The molecule has 0 aromatic heterocycles. The molecule has 0 amide bonds. The van der Waals surface area contributed by atoms with E-state index in [-0.39, 0.29) is 25.7 Å². The van der Waals surface area contributed by atoms with Crippen molar-refractivity contribution in [3.05, 3.63) is 85.1 Å². The summed E-state index contributed by atoms with van der Waals surface area (Å²) in [6.45, 7) is 4.73. The minimum Gasteiger partial charge on any atom is -0.462 e. The normalized spacial score (nSPS) is 14.3. The number of phosphoric ester groups is 2. The first kappa shape index (κ1) is 96.2. The predicted octanol–water partition coefficient (Wildman–Crippen LogP) is 23.0. The summed E-state index contributed by atoms with van der Waals surface area (Å²) in [5, 5.41) is 10.6. The van der Waals surface area contributed by atoms with Gasteiger partial charge < -0.3 is 33.8 Å². The topological polar surface area (TPSA) is 237 Å².